The molecular formula is C21H17ClFN3O3. The summed E-state index contributed by atoms with van der Waals surface area (Å²) >= 11 is 6.09. The zero-order chi connectivity index (χ0) is 20.5. The van der Waals surface area contributed by atoms with E-state index >= 15 is 0 Å². The van der Waals surface area contributed by atoms with E-state index in [1.807, 2.05) is 6.07 Å². The molecule has 0 saturated heterocycles. The molecule has 0 radical (unpaired) electrons. The SMILES string of the molecule is COc1ccc(-c2cc3c(=O)n(Cc4c(F)cccc4Cl)ccn3n2)cc1OC. The van der Waals surface area contributed by atoms with Gasteiger partial charge in [-0.15, -0.1) is 0 Å². The summed E-state index contributed by atoms with van der Waals surface area (Å²) in [7, 11) is 3.12. The zero-order valence-corrected chi connectivity index (χ0v) is 16.5. The Balaban J connectivity index is 1.76. The van der Waals surface area contributed by atoms with Gasteiger partial charge in [0.05, 0.1) is 26.5 Å². The van der Waals surface area contributed by atoms with Gasteiger partial charge in [-0.25, -0.2) is 8.91 Å². The highest BCUT2D eigenvalue weighted by Gasteiger charge is 2.14. The van der Waals surface area contributed by atoms with Gasteiger partial charge in [0.15, 0.2) is 11.5 Å². The van der Waals surface area contributed by atoms with Gasteiger partial charge in [-0.3, -0.25) is 4.79 Å². The normalized spacial score (nSPS) is 11.0. The van der Waals surface area contributed by atoms with E-state index in [2.05, 4.69) is 5.10 Å². The lowest BCUT2D eigenvalue weighted by molar-refractivity contribution is 0.355. The fourth-order valence-corrected chi connectivity index (χ4v) is 3.36. The van der Waals surface area contributed by atoms with E-state index in [4.69, 9.17) is 21.1 Å². The van der Waals surface area contributed by atoms with Crippen molar-refractivity contribution >= 4 is 17.1 Å². The Labute approximate surface area is 170 Å². The molecule has 0 bridgehead atoms. The molecule has 29 heavy (non-hydrogen) atoms. The molecule has 148 valence electrons. The number of benzene rings is 2. The maximum absolute atomic E-state index is 14.1. The van der Waals surface area contributed by atoms with Crippen LogP contribution in [0.5, 0.6) is 11.5 Å². The lowest BCUT2D eigenvalue weighted by Gasteiger charge is -2.08. The molecule has 4 aromatic rings. The molecule has 0 unspecified atom stereocenters. The average Bonchev–Trinajstić information content (AvgIpc) is 3.17. The van der Waals surface area contributed by atoms with Gasteiger partial charge in [-0.1, -0.05) is 17.7 Å². The molecule has 0 amide bonds. The maximum Gasteiger partial charge on any atom is 0.276 e. The highest BCUT2D eigenvalue weighted by atomic mass is 35.5. The summed E-state index contributed by atoms with van der Waals surface area (Å²) in [4.78, 5) is 12.9. The number of halogens is 2. The molecule has 0 fully saturated rings. The van der Waals surface area contributed by atoms with E-state index in [-0.39, 0.29) is 22.7 Å². The number of hydrogen-bond acceptors (Lipinski definition) is 4. The van der Waals surface area contributed by atoms with E-state index in [1.54, 1.807) is 50.9 Å². The molecule has 0 atom stereocenters. The van der Waals surface area contributed by atoms with Crippen molar-refractivity contribution in [3.63, 3.8) is 0 Å². The second kappa shape index (κ2) is 7.60. The molecule has 0 N–H and O–H groups in total. The van der Waals surface area contributed by atoms with Crippen molar-refractivity contribution in [2.24, 2.45) is 0 Å². The summed E-state index contributed by atoms with van der Waals surface area (Å²) in [5, 5.41) is 4.74. The van der Waals surface area contributed by atoms with Gasteiger partial charge in [0.25, 0.3) is 5.56 Å². The van der Waals surface area contributed by atoms with Crippen LogP contribution in [0.15, 0.2) is 59.7 Å². The van der Waals surface area contributed by atoms with E-state index in [9.17, 15) is 9.18 Å². The molecule has 0 aliphatic heterocycles. The third-order valence-corrected chi connectivity index (χ3v) is 5.03. The third-order valence-electron chi connectivity index (χ3n) is 4.67. The quantitative estimate of drug-likeness (QED) is 0.496. The molecular weight excluding hydrogens is 397 g/mol. The second-order valence-corrected chi connectivity index (χ2v) is 6.77. The third kappa shape index (κ3) is 3.45. The van der Waals surface area contributed by atoms with Crippen LogP contribution in [0.2, 0.25) is 5.02 Å². The highest BCUT2D eigenvalue weighted by molar-refractivity contribution is 6.31. The standard InChI is InChI=1S/C21H17ClFN3O3/c1-28-19-7-6-13(10-20(19)29-2)17-11-18-21(27)25(8-9-26(18)24-17)12-14-15(22)4-3-5-16(14)23/h3-11H,12H2,1-2H3. The number of aromatic nitrogens is 3. The minimum Gasteiger partial charge on any atom is -0.493 e. The van der Waals surface area contributed by atoms with Gasteiger partial charge in [-0.2, -0.15) is 5.10 Å². The Morgan fingerprint density at radius 2 is 1.86 bits per heavy atom. The number of rotatable bonds is 5. The summed E-state index contributed by atoms with van der Waals surface area (Å²) in [5.41, 5.74) is 1.70. The minimum atomic E-state index is -0.455. The smallest absolute Gasteiger partial charge is 0.276 e. The molecule has 2 aromatic carbocycles. The molecule has 0 saturated carbocycles. The van der Waals surface area contributed by atoms with E-state index in [1.165, 1.54) is 21.2 Å². The Kier molecular flexibility index (Phi) is 4.98. The van der Waals surface area contributed by atoms with Gasteiger partial charge in [-0.05, 0) is 36.4 Å². The van der Waals surface area contributed by atoms with Gasteiger partial charge in [0.1, 0.15) is 11.3 Å². The first kappa shape index (κ1) is 19.0. The number of methoxy groups -OCH3 is 2. The van der Waals surface area contributed by atoms with Gasteiger partial charge in [0.2, 0.25) is 0 Å². The lowest BCUT2D eigenvalue weighted by atomic mass is 10.1. The summed E-state index contributed by atoms with van der Waals surface area (Å²) < 4.78 is 27.6. The van der Waals surface area contributed by atoms with Crippen molar-refractivity contribution < 1.29 is 13.9 Å². The summed E-state index contributed by atoms with van der Waals surface area (Å²) in [6.45, 7) is 0.0255. The number of nitrogens with zero attached hydrogens (tertiary/aromatic N) is 3. The monoisotopic (exact) mass is 413 g/mol. The summed E-state index contributed by atoms with van der Waals surface area (Å²) in [6, 6.07) is 11.5. The largest absolute Gasteiger partial charge is 0.493 e. The predicted octanol–water partition coefficient (Wildman–Crippen LogP) is 4.02. The van der Waals surface area contributed by atoms with Gasteiger partial charge < -0.3 is 14.0 Å². The number of hydrogen-bond donors (Lipinski definition) is 0. The maximum atomic E-state index is 14.1. The van der Waals surface area contributed by atoms with Crippen molar-refractivity contribution in [2.45, 2.75) is 6.54 Å². The molecule has 8 heteroatoms. The van der Waals surface area contributed by atoms with Crippen LogP contribution in [0.4, 0.5) is 4.39 Å². The molecule has 0 spiro atoms. The van der Waals surface area contributed by atoms with Gasteiger partial charge in [0, 0.05) is 28.5 Å². The van der Waals surface area contributed by atoms with Crippen molar-refractivity contribution in [3.05, 3.63) is 81.6 Å². The number of fused-ring (bicyclic) bond motifs is 1. The van der Waals surface area contributed by atoms with Crippen LogP contribution in [-0.2, 0) is 6.54 Å². The van der Waals surface area contributed by atoms with Crippen LogP contribution in [0.1, 0.15) is 5.56 Å². The fourth-order valence-electron chi connectivity index (χ4n) is 3.14. The highest BCUT2D eigenvalue weighted by Crippen LogP contribution is 2.31. The average molecular weight is 414 g/mol. The Morgan fingerprint density at radius 1 is 1.07 bits per heavy atom. The number of ether oxygens (including phenoxy) is 2. The molecule has 6 nitrogen and oxygen atoms in total. The minimum absolute atomic E-state index is 0.0255. The van der Waals surface area contributed by atoms with Crippen molar-refractivity contribution in [1.82, 2.24) is 14.2 Å². The summed E-state index contributed by atoms with van der Waals surface area (Å²) in [6.07, 6.45) is 3.21. The second-order valence-electron chi connectivity index (χ2n) is 6.36. The molecule has 4 rings (SSSR count). The molecule has 0 aliphatic carbocycles. The topological polar surface area (TPSA) is 57.8 Å². The van der Waals surface area contributed by atoms with Crippen LogP contribution in [0.25, 0.3) is 16.8 Å². The molecule has 0 aliphatic rings. The van der Waals surface area contributed by atoms with Crippen molar-refractivity contribution in [1.29, 1.82) is 0 Å². The van der Waals surface area contributed by atoms with Crippen LogP contribution in [0, 0.1) is 5.82 Å². The molecule has 2 aromatic heterocycles. The van der Waals surface area contributed by atoms with E-state index in [0.717, 1.165) is 5.56 Å². The first-order valence-electron chi connectivity index (χ1n) is 8.76. The van der Waals surface area contributed by atoms with Crippen LogP contribution in [-0.4, -0.2) is 28.4 Å². The van der Waals surface area contributed by atoms with Crippen LogP contribution < -0.4 is 15.0 Å². The summed E-state index contributed by atoms with van der Waals surface area (Å²) in [5.74, 6) is 0.710. The van der Waals surface area contributed by atoms with Crippen molar-refractivity contribution in [3.8, 4) is 22.8 Å². The van der Waals surface area contributed by atoms with E-state index < -0.39 is 5.82 Å². The Hall–Kier alpha value is -3.32. The lowest BCUT2D eigenvalue weighted by Crippen LogP contribution is -2.22. The van der Waals surface area contributed by atoms with Crippen molar-refractivity contribution in [2.75, 3.05) is 14.2 Å². The first-order chi connectivity index (χ1) is 14.0. The van der Waals surface area contributed by atoms with E-state index in [0.29, 0.717) is 22.7 Å². The fraction of sp³-hybridized carbons (Fsp3) is 0.143. The molecule has 2 heterocycles. The Morgan fingerprint density at radius 3 is 2.59 bits per heavy atom. The first-order valence-corrected chi connectivity index (χ1v) is 9.13. The van der Waals surface area contributed by atoms with Crippen LogP contribution >= 0.6 is 11.6 Å². The zero-order valence-electron chi connectivity index (χ0n) is 15.7. The van der Waals surface area contributed by atoms with Gasteiger partial charge >= 0.3 is 0 Å². The Bertz CT molecular complexity index is 1250. The predicted molar refractivity (Wildman–Crippen MR) is 109 cm³/mol. The van der Waals surface area contributed by atoms with Crippen LogP contribution in [0.3, 0.4) is 0 Å².